The Hall–Kier alpha value is -3.25. The van der Waals surface area contributed by atoms with Crippen molar-refractivity contribution in [1.29, 1.82) is 0 Å². The molecule has 0 unspecified atom stereocenters. The number of nitrogens with zero attached hydrogens (tertiary/aromatic N) is 4. The van der Waals surface area contributed by atoms with Gasteiger partial charge < -0.3 is 10.1 Å². The van der Waals surface area contributed by atoms with Crippen LogP contribution in [0.15, 0.2) is 54.6 Å². The van der Waals surface area contributed by atoms with Crippen LogP contribution < -0.4 is 5.32 Å². The molecule has 0 fully saturated rings. The molecule has 6 nitrogen and oxygen atoms in total. The predicted octanol–water partition coefficient (Wildman–Crippen LogP) is 4.44. The Morgan fingerprint density at radius 3 is 2.62 bits per heavy atom. The molecule has 1 N–H and O–H groups in total. The number of anilines is 1. The van der Waals surface area contributed by atoms with E-state index in [-0.39, 0.29) is 0 Å². The lowest BCUT2D eigenvalue weighted by atomic mass is 10.1. The van der Waals surface area contributed by atoms with Gasteiger partial charge in [0.25, 0.3) is 5.95 Å². The number of ether oxygens (including phenoxy) is 1. The Morgan fingerprint density at radius 1 is 1.03 bits per heavy atom. The first-order valence-electron chi connectivity index (χ1n) is 9.82. The summed E-state index contributed by atoms with van der Waals surface area (Å²) < 4.78 is 7.40. The van der Waals surface area contributed by atoms with E-state index < -0.39 is 0 Å². The van der Waals surface area contributed by atoms with Crippen LogP contribution in [0.5, 0.6) is 0 Å². The van der Waals surface area contributed by atoms with Gasteiger partial charge in [-0.15, -0.1) is 10.2 Å². The van der Waals surface area contributed by atoms with Crippen LogP contribution in [-0.4, -0.2) is 26.9 Å². The Labute approximate surface area is 170 Å². The second-order valence-corrected chi connectivity index (χ2v) is 7.00. The average Bonchev–Trinajstić information content (AvgIpc) is 3.10. The molecule has 0 spiro atoms. The zero-order valence-corrected chi connectivity index (χ0v) is 17.0. The van der Waals surface area contributed by atoms with Gasteiger partial charge >= 0.3 is 0 Å². The molecule has 0 atom stereocenters. The molecule has 0 saturated heterocycles. The number of hydrogen-bond donors (Lipinski definition) is 1. The minimum absolute atomic E-state index is 0.568. The van der Waals surface area contributed by atoms with Gasteiger partial charge in [0.1, 0.15) is 5.69 Å². The van der Waals surface area contributed by atoms with E-state index in [0.29, 0.717) is 19.1 Å². The maximum atomic E-state index is 5.35. The SMILES string of the molecule is CCc1nnc(-n2c(C)cc3c(COC)cccc32)nc1NCc1ccccc1. The van der Waals surface area contributed by atoms with Crippen molar-refractivity contribution in [3.8, 4) is 5.95 Å². The standard InChI is InChI=1S/C23H25N5O/c1-4-20-22(24-14-17-9-6-5-7-10-17)25-23(27-26-20)28-16(2)13-19-18(15-29-3)11-8-12-21(19)28/h5-13H,4,14-15H2,1-3H3,(H,24,25,27). The molecule has 2 aromatic carbocycles. The van der Waals surface area contributed by atoms with Crippen molar-refractivity contribution in [3.05, 3.63) is 77.1 Å². The third-order valence-electron chi connectivity index (χ3n) is 5.00. The van der Waals surface area contributed by atoms with Gasteiger partial charge in [0.05, 0.1) is 12.1 Å². The highest BCUT2D eigenvalue weighted by atomic mass is 16.5. The number of nitrogens with one attached hydrogen (secondary N) is 1. The zero-order valence-electron chi connectivity index (χ0n) is 17.0. The van der Waals surface area contributed by atoms with E-state index in [1.54, 1.807) is 7.11 Å². The van der Waals surface area contributed by atoms with E-state index in [9.17, 15) is 0 Å². The first kappa shape index (κ1) is 19.1. The van der Waals surface area contributed by atoms with Gasteiger partial charge in [-0.1, -0.05) is 49.4 Å². The summed E-state index contributed by atoms with van der Waals surface area (Å²) in [4.78, 5) is 4.83. The predicted molar refractivity (Wildman–Crippen MR) is 115 cm³/mol. The molecular formula is C23H25N5O. The molecular weight excluding hydrogens is 362 g/mol. The lowest BCUT2D eigenvalue weighted by molar-refractivity contribution is 0.186. The third kappa shape index (κ3) is 3.84. The van der Waals surface area contributed by atoms with Crippen molar-refractivity contribution < 1.29 is 4.74 Å². The Morgan fingerprint density at radius 2 is 1.86 bits per heavy atom. The molecule has 6 heteroatoms. The van der Waals surface area contributed by atoms with Gasteiger partial charge in [-0.2, -0.15) is 4.98 Å². The van der Waals surface area contributed by atoms with Gasteiger partial charge in [0.2, 0.25) is 0 Å². The highest BCUT2D eigenvalue weighted by Gasteiger charge is 2.15. The van der Waals surface area contributed by atoms with E-state index in [1.807, 2.05) is 24.3 Å². The topological polar surface area (TPSA) is 64.9 Å². The van der Waals surface area contributed by atoms with Crippen LogP contribution in [-0.2, 0) is 24.3 Å². The molecule has 2 heterocycles. The van der Waals surface area contributed by atoms with Crippen molar-refractivity contribution >= 4 is 16.7 Å². The monoisotopic (exact) mass is 387 g/mol. The van der Waals surface area contributed by atoms with Gasteiger partial charge in [-0.05, 0) is 36.6 Å². The fraction of sp³-hybridized carbons (Fsp3) is 0.261. The maximum absolute atomic E-state index is 5.35. The van der Waals surface area contributed by atoms with Crippen LogP contribution in [0.25, 0.3) is 16.9 Å². The Kier molecular flexibility index (Phi) is 5.53. The van der Waals surface area contributed by atoms with Gasteiger partial charge in [-0.25, -0.2) is 0 Å². The number of methoxy groups -OCH3 is 1. The molecule has 0 radical (unpaired) electrons. The van der Waals surface area contributed by atoms with Gasteiger partial charge in [-0.3, -0.25) is 4.57 Å². The third-order valence-corrected chi connectivity index (χ3v) is 5.00. The molecule has 0 saturated carbocycles. The number of aromatic nitrogens is 4. The molecule has 0 aliphatic carbocycles. The second kappa shape index (κ2) is 8.41. The number of hydrogen-bond acceptors (Lipinski definition) is 5. The van der Waals surface area contributed by atoms with E-state index in [1.165, 1.54) is 5.56 Å². The minimum Gasteiger partial charge on any atom is -0.380 e. The summed E-state index contributed by atoms with van der Waals surface area (Å²) in [6.45, 7) is 5.38. The fourth-order valence-corrected chi connectivity index (χ4v) is 3.57. The van der Waals surface area contributed by atoms with Crippen molar-refractivity contribution in [2.75, 3.05) is 12.4 Å². The molecule has 148 valence electrons. The van der Waals surface area contributed by atoms with Crippen LogP contribution in [0.1, 0.15) is 29.4 Å². The zero-order chi connectivity index (χ0) is 20.2. The van der Waals surface area contributed by atoms with E-state index in [0.717, 1.165) is 40.1 Å². The summed E-state index contributed by atoms with van der Waals surface area (Å²) in [5, 5.41) is 13.5. The van der Waals surface area contributed by atoms with E-state index in [2.05, 4.69) is 64.3 Å². The smallest absolute Gasteiger partial charge is 0.256 e. The average molecular weight is 387 g/mol. The summed E-state index contributed by atoms with van der Waals surface area (Å²) in [6.07, 6.45) is 0.765. The largest absolute Gasteiger partial charge is 0.380 e. The van der Waals surface area contributed by atoms with Crippen molar-refractivity contribution in [3.63, 3.8) is 0 Å². The number of fused-ring (bicyclic) bond motifs is 1. The van der Waals surface area contributed by atoms with Crippen molar-refractivity contribution in [2.24, 2.45) is 0 Å². The van der Waals surface area contributed by atoms with Crippen LogP contribution in [0.3, 0.4) is 0 Å². The highest BCUT2D eigenvalue weighted by molar-refractivity contribution is 5.86. The number of rotatable bonds is 7. The van der Waals surface area contributed by atoms with Gasteiger partial charge in [0.15, 0.2) is 5.82 Å². The lowest BCUT2D eigenvalue weighted by Gasteiger charge is -2.12. The lowest BCUT2D eigenvalue weighted by Crippen LogP contribution is -2.12. The maximum Gasteiger partial charge on any atom is 0.256 e. The minimum atomic E-state index is 0.568. The van der Waals surface area contributed by atoms with Crippen LogP contribution in [0, 0.1) is 6.92 Å². The highest BCUT2D eigenvalue weighted by Crippen LogP contribution is 2.26. The normalized spacial score (nSPS) is 11.1. The van der Waals surface area contributed by atoms with E-state index in [4.69, 9.17) is 9.72 Å². The molecule has 4 aromatic rings. The second-order valence-electron chi connectivity index (χ2n) is 7.00. The summed E-state index contributed by atoms with van der Waals surface area (Å²) in [5.41, 5.74) is 5.31. The fourth-order valence-electron chi connectivity index (χ4n) is 3.57. The molecule has 2 aromatic heterocycles. The molecule has 0 bridgehead atoms. The number of aryl methyl sites for hydroxylation is 2. The first-order valence-corrected chi connectivity index (χ1v) is 9.82. The van der Waals surface area contributed by atoms with Crippen molar-refractivity contribution in [1.82, 2.24) is 19.7 Å². The molecule has 0 amide bonds. The summed E-state index contributed by atoms with van der Waals surface area (Å²) in [5.74, 6) is 1.34. The molecule has 0 aliphatic heterocycles. The first-order chi connectivity index (χ1) is 14.2. The van der Waals surface area contributed by atoms with Crippen molar-refractivity contribution in [2.45, 2.75) is 33.4 Å². The van der Waals surface area contributed by atoms with Crippen LogP contribution in [0.4, 0.5) is 5.82 Å². The van der Waals surface area contributed by atoms with Gasteiger partial charge in [0, 0.05) is 24.7 Å². The summed E-state index contributed by atoms with van der Waals surface area (Å²) in [6, 6.07) is 18.6. The molecule has 4 rings (SSSR count). The summed E-state index contributed by atoms with van der Waals surface area (Å²) in [7, 11) is 1.71. The van der Waals surface area contributed by atoms with E-state index >= 15 is 0 Å². The molecule has 29 heavy (non-hydrogen) atoms. The molecule has 0 aliphatic rings. The Bertz CT molecular complexity index is 1120. The van der Waals surface area contributed by atoms with Crippen LogP contribution >= 0.6 is 0 Å². The quantitative estimate of drug-likeness (QED) is 0.508. The Balaban J connectivity index is 1.74. The summed E-state index contributed by atoms with van der Waals surface area (Å²) >= 11 is 0. The van der Waals surface area contributed by atoms with Crippen LogP contribution in [0.2, 0.25) is 0 Å². The number of benzene rings is 2.